The number of carbonyl (C=O) groups excluding carboxylic acids is 1. The Balaban J connectivity index is 1.58. The summed E-state index contributed by atoms with van der Waals surface area (Å²) in [5, 5.41) is 7.24. The average molecular weight is 479 g/mol. The van der Waals surface area contributed by atoms with Crippen LogP contribution in [0.15, 0.2) is 53.1 Å². The first-order valence-corrected chi connectivity index (χ1v) is 12.0. The van der Waals surface area contributed by atoms with Gasteiger partial charge in [0.2, 0.25) is 21.7 Å². The molecule has 0 saturated carbocycles. The molecule has 1 aromatic heterocycles. The highest BCUT2D eigenvalue weighted by Crippen LogP contribution is 2.22. The maximum absolute atomic E-state index is 12.5. The van der Waals surface area contributed by atoms with Crippen molar-refractivity contribution in [2.24, 2.45) is 0 Å². The molecule has 0 radical (unpaired) electrons. The molecule has 3 aromatic rings. The van der Waals surface area contributed by atoms with E-state index in [2.05, 4.69) is 15.5 Å². The Morgan fingerprint density at radius 2 is 1.84 bits per heavy atom. The molecule has 9 nitrogen and oxygen atoms in total. The standard InChI is InChI=1S/C21H23ClN4O5S/c1-4-18(30-17-11-9-16(10-12-17)26(2)32(3,28)29)21(27)23-13-19-24-20(25-31-19)14-5-7-15(22)8-6-14/h5-12,18H,4,13H2,1-3H3,(H,23,27)/t18-/m1/s1. The zero-order valence-electron chi connectivity index (χ0n) is 17.8. The summed E-state index contributed by atoms with van der Waals surface area (Å²) >= 11 is 5.88. The van der Waals surface area contributed by atoms with Gasteiger partial charge in [-0.3, -0.25) is 9.10 Å². The van der Waals surface area contributed by atoms with Crippen molar-refractivity contribution in [2.45, 2.75) is 26.0 Å². The second-order valence-corrected chi connectivity index (χ2v) is 9.43. The van der Waals surface area contributed by atoms with Crippen LogP contribution in [0.2, 0.25) is 5.02 Å². The minimum atomic E-state index is -3.36. The first-order valence-electron chi connectivity index (χ1n) is 9.74. The van der Waals surface area contributed by atoms with Gasteiger partial charge >= 0.3 is 0 Å². The minimum Gasteiger partial charge on any atom is -0.481 e. The zero-order valence-corrected chi connectivity index (χ0v) is 19.4. The monoisotopic (exact) mass is 478 g/mol. The molecule has 1 heterocycles. The Labute approximate surface area is 191 Å². The number of benzene rings is 2. The molecule has 0 spiro atoms. The molecule has 0 aliphatic heterocycles. The van der Waals surface area contributed by atoms with Gasteiger partial charge < -0.3 is 14.6 Å². The summed E-state index contributed by atoms with van der Waals surface area (Å²) in [6.07, 6.45) is 0.806. The second-order valence-electron chi connectivity index (χ2n) is 6.98. The number of hydrogen-bond donors (Lipinski definition) is 1. The molecule has 170 valence electrons. The number of ether oxygens (including phenoxy) is 1. The second kappa shape index (κ2) is 10.0. The molecular weight excluding hydrogens is 456 g/mol. The molecule has 1 N–H and O–H groups in total. The number of rotatable bonds is 9. The van der Waals surface area contributed by atoms with E-state index in [1.807, 2.05) is 6.92 Å². The third-order valence-corrected chi connectivity index (χ3v) is 6.08. The van der Waals surface area contributed by atoms with Gasteiger partial charge in [0.05, 0.1) is 18.5 Å². The van der Waals surface area contributed by atoms with E-state index in [1.54, 1.807) is 48.5 Å². The summed E-state index contributed by atoms with van der Waals surface area (Å²) < 4.78 is 35.4. The van der Waals surface area contributed by atoms with E-state index in [9.17, 15) is 13.2 Å². The molecule has 0 aliphatic carbocycles. The summed E-state index contributed by atoms with van der Waals surface area (Å²) in [5.74, 6) is 0.760. The molecule has 0 saturated heterocycles. The number of hydrogen-bond acceptors (Lipinski definition) is 7. The van der Waals surface area contributed by atoms with Gasteiger partial charge in [-0.25, -0.2) is 8.42 Å². The molecular formula is C21H23ClN4O5S. The van der Waals surface area contributed by atoms with Crippen LogP contribution in [0.3, 0.4) is 0 Å². The van der Waals surface area contributed by atoms with Crippen molar-refractivity contribution in [3.8, 4) is 17.1 Å². The molecule has 32 heavy (non-hydrogen) atoms. The van der Waals surface area contributed by atoms with Crippen LogP contribution in [-0.2, 0) is 21.4 Å². The molecule has 0 fully saturated rings. The maximum Gasteiger partial charge on any atom is 0.261 e. The quantitative estimate of drug-likeness (QED) is 0.502. The Morgan fingerprint density at radius 1 is 1.19 bits per heavy atom. The topological polar surface area (TPSA) is 115 Å². The number of carbonyl (C=O) groups is 1. The van der Waals surface area contributed by atoms with Crippen molar-refractivity contribution in [2.75, 3.05) is 17.6 Å². The third kappa shape index (κ3) is 5.98. The summed E-state index contributed by atoms with van der Waals surface area (Å²) in [5.41, 5.74) is 1.24. The predicted octanol–water partition coefficient (Wildman–Crippen LogP) is 3.26. The van der Waals surface area contributed by atoms with Crippen molar-refractivity contribution in [1.82, 2.24) is 15.5 Å². The van der Waals surface area contributed by atoms with Crippen LogP contribution in [0.25, 0.3) is 11.4 Å². The normalized spacial score (nSPS) is 12.2. The fourth-order valence-corrected chi connectivity index (χ4v) is 3.36. The number of aromatic nitrogens is 2. The van der Waals surface area contributed by atoms with Crippen molar-refractivity contribution < 1.29 is 22.5 Å². The summed E-state index contributed by atoms with van der Waals surface area (Å²) in [6.45, 7) is 1.87. The van der Waals surface area contributed by atoms with Gasteiger partial charge in [0.25, 0.3) is 5.91 Å². The van der Waals surface area contributed by atoms with Gasteiger partial charge in [0.15, 0.2) is 6.10 Å². The number of nitrogens with zero attached hydrogens (tertiary/aromatic N) is 3. The van der Waals surface area contributed by atoms with E-state index < -0.39 is 16.1 Å². The van der Waals surface area contributed by atoms with Gasteiger partial charge in [-0.15, -0.1) is 0 Å². The first kappa shape index (κ1) is 23.6. The molecule has 1 atom stereocenters. The lowest BCUT2D eigenvalue weighted by molar-refractivity contribution is -0.128. The zero-order chi connectivity index (χ0) is 23.3. The molecule has 0 aliphatic rings. The van der Waals surface area contributed by atoms with Gasteiger partial charge in [-0.2, -0.15) is 4.98 Å². The molecule has 2 aromatic carbocycles. The van der Waals surface area contributed by atoms with Gasteiger partial charge in [0.1, 0.15) is 5.75 Å². The minimum absolute atomic E-state index is 0.0530. The fourth-order valence-electron chi connectivity index (χ4n) is 2.73. The van der Waals surface area contributed by atoms with Crippen molar-refractivity contribution in [3.05, 3.63) is 59.4 Å². The smallest absolute Gasteiger partial charge is 0.261 e. The molecule has 11 heteroatoms. The number of halogens is 1. The Morgan fingerprint density at radius 3 is 2.44 bits per heavy atom. The van der Waals surface area contributed by atoms with E-state index in [-0.39, 0.29) is 18.3 Å². The molecule has 0 unspecified atom stereocenters. The van der Waals surface area contributed by atoms with Crippen LogP contribution in [0.1, 0.15) is 19.2 Å². The molecule has 3 rings (SSSR count). The maximum atomic E-state index is 12.5. The summed E-state index contributed by atoms with van der Waals surface area (Å²) in [4.78, 5) is 16.8. The number of sulfonamides is 1. The van der Waals surface area contributed by atoms with E-state index in [0.29, 0.717) is 28.7 Å². The van der Waals surface area contributed by atoms with E-state index in [0.717, 1.165) is 16.1 Å². The highest BCUT2D eigenvalue weighted by Gasteiger charge is 2.20. The summed E-state index contributed by atoms with van der Waals surface area (Å²) in [7, 11) is -1.90. The van der Waals surface area contributed by atoms with E-state index in [4.69, 9.17) is 20.9 Å². The molecule has 0 bridgehead atoms. The lowest BCUT2D eigenvalue weighted by Crippen LogP contribution is -2.37. The SMILES string of the molecule is CC[C@@H](Oc1ccc(N(C)S(C)(=O)=O)cc1)C(=O)NCc1nc(-c2ccc(Cl)cc2)no1. The fraction of sp³-hybridized carbons (Fsp3) is 0.286. The van der Waals surface area contributed by atoms with Crippen LogP contribution < -0.4 is 14.4 Å². The van der Waals surface area contributed by atoms with Crippen LogP contribution >= 0.6 is 11.6 Å². The first-order chi connectivity index (χ1) is 15.2. The van der Waals surface area contributed by atoms with Crippen LogP contribution in [0.4, 0.5) is 5.69 Å². The number of nitrogens with one attached hydrogen (secondary N) is 1. The largest absolute Gasteiger partial charge is 0.481 e. The summed E-state index contributed by atoms with van der Waals surface area (Å²) in [6, 6.07) is 13.4. The predicted molar refractivity (Wildman–Crippen MR) is 121 cm³/mol. The van der Waals surface area contributed by atoms with Crippen LogP contribution in [0, 0.1) is 0 Å². The highest BCUT2D eigenvalue weighted by atomic mass is 35.5. The number of amides is 1. The van der Waals surface area contributed by atoms with Crippen molar-refractivity contribution >= 4 is 33.2 Å². The van der Waals surface area contributed by atoms with Gasteiger partial charge in [0, 0.05) is 17.6 Å². The third-order valence-electron chi connectivity index (χ3n) is 4.62. The van der Waals surface area contributed by atoms with Crippen molar-refractivity contribution in [3.63, 3.8) is 0 Å². The van der Waals surface area contributed by atoms with Gasteiger partial charge in [-0.05, 0) is 55.0 Å². The Hall–Kier alpha value is -3.11. The van der Waals surface area contributed by atoms with Gasteiger partial charge in [-0.1, -0.05) is 23.7 Å². The van der Waals surface area contributed by atoms with Crippen LogP contribution in [0.5, 0.6) is 5.75 Å². The Bertz CT molecular complexity index is 1160. The average Bonchev–Trinajstić information content (AvgIpc) is 3.24. The Kier molecular flexibility index (Phi) is 7.37. The lowest BCUT2D eigenvalue weighted by Gasteiger charge is -2.19. The van der Waals surface area contributed by atoms with Crippen LogP contribution in [-0.4, -0.2) is 43.9 Å². The molecule has 1 amide bonds. The number of anilines is 1. The van der Waals surface area contributed by atoms with Crippen molar-refractivity contribution in [1.29, 1.82) is 0 Å². The van der Waals surface area contributed by atoms with E-state index >= 15 is 0 Å². The van der Waals surface area contributed by atoms with E-state index in [1.165, 1.54) is 7.05 Å². The lowest BCUT2D eigenvalue weighted by atomic mass is 10.2. The highest BCUT2D eigenvalue weighted by molar-refractivity contribution is 7.92.